The third-order valence-corrected chi connectivity index (χ3v) is 11.3. The molecule has 55 heavy (non-hydrogen) atoms. The summed E-state index contributed by atoms with van der Waals surface area (Å²) in [5, 5.41) is 24.8. The van der Waals surface area contributed by atoms with Gasteiger partial charge < -0.3 is 30.3 Å². The van der Waals surface area contributed by atoms with Crippen molar-refractivity contribution >= 4 is 17.8 Å². The minimum absolute atomic E-state index is 0.0232. The van der Waals surface area contributed by atoms with Gasteiger partial charge in [0.15, 0.2) is 6.29 Å². The van der Waals surface area contributed by atoms with Gasteiger partial charge in [0.2, 0.25) is 11.8 Å². The third kappa shape index (κ3) is 11.3. The van der Waals surface area contributed by atoms with E-state index in [4.69, 9.17) is 14.6 Å². The number of amides is 2. The van der Waals surface area contributed by atoms with Crippen LogP contribution < -0.4 is 10.6 Å². The highest BCUT2D eigenvalue weighted by molar-refractivity contribution is 5.82. The number of hydrogen-bond donors (Lipinski definition) is 4. The van der Waals surface area contributed by atoms with Crippen molar-refractivity contribution in [3.63, 3.8) is 0 Å². The van der Waals surface area contributed by atoms with E-state index in [0.29, 0.717) is 50.7 Å². The second-order valence-corrected chi connectivity index (χ2v) is 16.7. The molecular formula is C45H59N3O7. The number of aliphatic hydroxyl groups is 1. The van der Waals surface area contributed by atoms with Gasteiger partial charge in [-0.15, -0.1) is 0 Å². The highest BCUT2D eigenvalue weighted by atomic mass is 16.7. The van der Waals surface area contributed by atoms with E-state index >= 15 is 0 Å². The molecule has 6 rings (SSSR count). The molecule has 3 aliphatic rings. The van der Waals surface area contributed by atoms with E-state index < -0.39 is 12.3 Å². The van der Waals surface area contributed by atoms with Gasteiger partial charge in [-0.25, -0.2) is 0 Å². The number of nitrogens with one attached hydrogen (secondary N) is 2. The van der Waals surface area contributed by atoms with E-state index in [-0.39, 0.29) is 48.6 Å². The van der Waals surface area contributed by atoms with Crippen LogP contribution in [0.25, 0.3) is 11.1 Å². The van der Waals surface area contributed by atoms with Crippen LogP contribution in [0.15, 0.2) is 72.8 Å². The van der Waals surface area contributed by atoms with Gasteiger partial charge in [0, 0.05) is 49.5 Å². The van der Waals surface area contributed by atoms with Gasteiger partial charge in [0.05, 0.1) is 24.9 Å². The maximum absolute atomic E-state index is 13.8. The predicted octanol–water partition coefficient (Wildman–Crippen LogP) is 7.59. The molecule has 0 radical (unpaired) electrons. The fraction of sp³-hybridized carbons (Fsp3) is 0.533. The number of carbonyl (C=O) groups excluding carboxylic acids is 2. The van der Waals surface area contributed by atoms with Gasteiger partial charge >= 0.3 is 5.97 Å². The molecule has 3 fully saturated rings. The van der Waals surface area contributed by atoms with Crippen molar-refractivity contribution in [3.8, 4) is 11.1 Å². The summed E-state index contributed by atoms with van der Waals surface area (Å²) < 4.78 is 13.7. The number of ether oxygens (including phenoxy) is 2. The van der Waals surface area contributed by atoms with Crippen molar-refractivity contribution in [3.05, 3.63) is 95.1 Å². The van der Waals surface area contributed by atoms with E-state index in [1.165, 1.54) is 19.3 Å². The lowest BCUT2D eigenvalue weighted by molar-refractivity contribution is -0.255. The Morgan fingerprint density at radius 1 is 0.818 bits per heavy atom. The monoisotopic (exact) mass is 753 g/mol. The number of carboxylic acids is 1. The third-order valence-electron chi connectivity index (χ3n) is 11.3. The fourth-order valence-corrected chi connectivity index (χ4v) is 8.57. The van der Waals surface area contributed by atoms with Crippen LogP contribution in [-0.2, 0) is 37.0 Å². The number of aliphatic carboxylic acids is 1. The first-order chi connectivity index (χ1) is 26.5. The van der Waals surface area contributed by atoms with Crippen LogP contribution >= 0.6 is 0 Å². The largest absolute Gasteiger partial charge is 0.481 e. The standard InChI is InChI=1S/C45H59N3O7/c1-45(2,3)47-43(53)39-23-22-32-11-4-5-15-38(32)48(39)28-37-26-40(33-20-18-30(29-49)19-21-33)55-44(54-37)36-14-9-13-35(25-36)34-12-8-10-31(24-34)27-46-41(50)16-6-7-17-42(51)52/h8-10,12-14,18-21,24-25,32,37-40,44,49H,4-7,11,15-17,22-23,26-29H2,1-3H3,(H,46,50)(H,47,53)(H,51,52). The van der Waals surface area contributed by atoms with Crippen LogP contribution in [-0.4, -0.2) is 63.2 Å². The molecule has 6 atom stereocenters. The minimum Gasteiger partial charge on any atom is -0.481 e. The molecule has 10 heteroatoms. The average molecular weight is 754 g/mol. The molecule has 3 aromatic carbocycles. The highest BCUT2D eigenvalue weighted by Crippen LogP contribution is 2.42. The molecule has 4 N–H and O–H groups in total. The maximum Gasteiger partial charge on any atom is 0.303 e. The SMILES string of the molecule is CC(C)(C)NC(=O)C1CCC2CCCCC2N1CC1CC(c2ccc(CO)cc2)OC(c2cccc(-c3cccc(CNC(=O)CCCCC(=O)O)c3)c2)O1. The molecule has 1 aliphatic carbocycles. The van der Waals surface area contributed by atoms with Crippen LogP contribution in [0, 0.1) is 5.92 Å². The van der Waals surface area contributed by atoms with Crippen molar-refractivity contribution in [2.24, 2.45) is 5.92 Å². The molecule has 296 valence electrons. The number of likely N-dealkylation sites (tertiary alicyclic amines) is 1. The van der Waals surface area contributed by atoms with Crippen LogP contribution in [0.5, 0.6) is 0 Å². The van der Waals surface area contributed by atoms with Crippen molar-refractivity contribution < 1.29 is 34.1 Å². The quantitative estimate of drug-likeness (QED) is 0.124. The number of aliphatic hydroxyl groups excluding tert-OH is 1. The molecule has 0 aromatic heterocycles. The summed E-state index contributed by atoms with van der Waals surface area (Å²) in [6, 6.07) is 24.4. The Hall–Kier alpha value is -4.09. The summed E-state index contributed by atoms with van der Waals surface area (Å²) in [4.78, 5) is 39.5. The summed E-state index contributed by atoms with van der Waals surface area (Å²) >= 11 is 0. The Balaban J connectivity index is 1.22. The normalized spacial score (nSPS) is 24.4. The Bertz CT molecular complexity index is 1760. The van der Waals surface area contributed by atoms with Crippen LogP contribution in [0.1, 0.15) is 126 Å². The fourth-order valence-electron chi connectivity index (χ4n) is 8.57. The number of piperidine rings is 1. The molecule has 2 amide bonds. The molecular weight excluding hydrogens is 695 g/mol. The number of rotatable bonds is 14. The number of benzene rings is 3. The lowest BCUT2D eigenvalue weighted by Crippen LogP contribution is -2.61. The van der Waals surface area contributed by atoms with E-state index in [0.717, 1.165) is 52.6 Å². The number of fused-ring (bicyclic) bond motifs is 1. The first-order valence-electron chi connectivity index (χ1n) is 20.2. The van der Waals surface area contributed by atoms with Crippen LogP contribution in [0.4, 0.5) is 0 Å². The average Bonchev–Trinajstić information content (AvgIpc) is 3.18. The molecule has 6 unspecified atom stereocenters. The first-order valence-corrected chi connectivity index (χ1v) is 20.2. The predicted molar refractivity (Wildman–Crippen MR) is 212 cm³/mol. The summed E-state index contributed by atoms with van der Waals surface area (Å²) in [6.45, 7) is 7.12. The molecule has 0 spiro atoms. The molecule has 2 saturated heterocycles. The van der Waals surface area contributed by atoms with E-state index in [1.807, 2.05) is 75.4 Å². The number of unbranched alkanes of at least 4 members (excludes halogenated alkanes) is 1. The van der Waals surface area contributed by atoms with E-state index in [9.17, 15) is 19.5 Å². The summed E-state index contributed by atoms with van der Waals surface area (Å²) in [5.41, 5.74) is 5.42. The Kier molecular flexibility index (Phi) is 13.8. The second-order valence-electron chi connectivity index (χ2n) is 16.7. The van der Waals surface area contributed by atoms with Crippen molar-refractivity contribution in [2.45, 2.75) is 141 Å². The van der Waals surface area contributed by atoms with Crippen molar-refractivity contribution in [1.29, 1.82) is 0 Å². The Labute approximate surface area is 326 Å². The van der Waals surface area contributed by atoms with Gasteiger partial charge in [-0.2, -0.15) is 0 Å². The Morgan fingerprint density at radius 3 is 2.29 bits per heavy atom. The summed E-state index contributed by atoms with van der Waals surface area (Å²) in [7, 11) is 0. The topological polar surface area (TPSA) is 137 Å². The zero-order valence-corrected chi connectivity index (χ0v) is 32.7. The molecule has 1 saturated carbocycles. The van der Waals surface area contributed by atoms with Crippen LogP contribution in [0.2, 0.25) is 0 Å². The smallest absolute Gasteiger partial charge is 0.303 e. The molecule has 10 nitrogen and oxygen atoms in total. The first kappa shape index (κ1) is 40.6. The number of carboxylic acid groups (broad SMARTS) is 1. The zero-order chi connectivity index (χ0) is 39.0. The molecule has 2 heterocycles. The van der Waals surface area contributed by atoms with Gasteiger partial charge in [-0.05, 0) is 105 Å². The number of carbonyl (C=O) groups is 3. The van der Waals surface area contributed by atoms with Gasteiger partial charge in [0.25, 0.3) is 0 Å². The summed E-state index contributed by atoms with van der Waals surface area (Å²) in [6.07, 6.45) is 7.62. The summed E-state index contributed by atoms with van der Waals surface area (Å²) in [5.74, 6) is -0.248. The lowest BCUT2D eigenvalue weighted by Gasteiger charge is -2.50. The minimum atomic E-state index is -0.846. The van der Waals surface area contributed by atoms with Crippen molar-refractivity contribution in [1.82, 2.24) is 15.5 Å². The van der Waals surface area contributed by atoms with E-state index in [1.54, 1.807) is 0 Å². The second kappa shape index (κ2) is 18.7. The van der Waals surface area contributed by atoms with Crippen molar-refractivity contribution in [2.75, 3.05) is 6.54 Å². The number of nitrogens with zero attached hydrogens (tertiary/aromatic N) is 1. The zero-order valence-electron chi connectivity index (χ0n) is 32.7. The highest BCUT2D eigenvalue weighted by Gasteiger charge is 2.44. The van der Waals surface area contributed by atoms with Gasteiger partial charge in [-0.3, -0.25) is 19.3 Å². The molecule has 2 aliphatic heterocycles. The Morgan fingerprint density at radius 2 is 1.55 bits per heavy atom. The van der Waals surface area contributed by atoms with E-state index in [2.05, 4.69) is 33.7 Å². The lowest BCUT2D eigenvalue weighted by atomic mass is 9.75. The molecule has 3 aromatic rings. The van der Waals surface area contributed by atoms with Crippen LogP contribution in [0.3, 0.4) is 0 Å². The van der Waals surface area contributed by atoms with Gasteiger partial charge in [-0.1, -0.05) is 73.5 Å². The number of hydrogen-bond acceptors (Lipinski definition) is 7. The molecule has 0 bridgehead atoms. The van der Waals surface area contributed by atoms with Gasteiger partial charge in [0.1, 0.15) is 0 Å². The maximum atomic E-state index is 13.8.